The van der Waals surface area contributed by atoms with Crippen LogP contribution in [0.2, 0.25) is 0 Å². The van der Waals surface area contributed by atoms with Crippen molar-refractivity contribution in [3.63, 3.8) is 0 Å². The maximum absolute atomic E-state index is 12.0. The number of phenols is 1. The summed E-state index contributed by atoms with van der Waals surface area (Å²) in [6.45, 7) is 1.31. The summed E-state index contributed by atoms with van der Waals surface area (Å²) < 4.78 is 24.6. The number of hydrogen-bond acceptors (Lipinski definition) is 7. The average molecular weight is 521 g/mol. The molecule has 1 aromatic heterocycles. The number of phenolic OH excluding ortho intramolecular Hbond substituents is 1. The van der Waals surface area contributed by atoms with Crippen LogP contribution in [0.5, 0.6) is 11.5 Å². The molecule has 3 atom stereocenters. The maximum Gasteiger partial charge on any atom is 0.335 e. The molecule has 152 valence electrons. The maximum atomic E-state index is 12.0. The van der Waals surface area contributed by atoms with E-state index < -0.39 is 30.4 Å². The number of hydrogen-bond donors (Lipinski definition) is 1. The van der Waals surface area contributed by atoms with Crippen LogP contribution >= 0.6 is 31.9 Å². The third-order valence-electron chi connectivity index (χ3n) is 4.41. The highest BCUT2D eigenvalue weighted by atomic mass is 79.9. The average Bonchev–Trinajstić information content (AvgIpc) is 2.93. The smallest absolute Gasteiger partial charge is 0.335 e. The van der Waals surface area contributed by atoms with E-state index >= 15 is 0 Å². The lowest BCUT2D eigenvalue weighted by atomic mass is 10.0. The lowest BCUT2D eigenvalue weighted by Gasteiger charge is -2.33. The van der Waals surface area contributed by atoms with Gasteiger partial charge >= 0.3 is 11.9 Å². The molecule has 1 saturated heterocycles. The zero-order chi connectivity index (χ0) is 20.6. The minimum absolute atomic E-state index is 0.0401. The zero-order valence-electron chi connectivity index (χ0n) is 15.4. The minimum Gasteiger partial charge on any atom is -0.506 e. The largest absolute Gasteiger partial charge is 0.506 e. The number of rotatable bonds is 4. The van der Waals surface area contributed by atoms with Gasteiger partial charge in [-0.2, -0.15) is 0 Å². The molecule has 0 aliphatic carbocycles. The van der Waals surface area contributed by atoms with Gasteiger partial charge in [-0.1, -0.05) is 0 Å². The Morgan fingerprint density at radius 2 is 2.04 bits per heavy atom. The molecule has 0 bridgehead atoms. The van der Waals surface area contributed by atoms with Gasteiger partial charge in [0.05, 0.1) is 27.0 Å². The van der Waals surface area contributed by atoms with E-state index in [0.29, 0.717) is 20.1 Å². The van der Waals surface area contributed by atoms with Gasteiger partial charge in [0.2, 0.25) is 6.29 Å². The van der Waals surface area contributed by atoms with Crippen LogP contribution in [-0.4, -0.2) is 47.2 Å². The first kappa shape index (κ1) is 20.9. The van der Waals surface area contributed by atoms with Gasteiger partial charge in [0.15, 0.2) is 6.10 Å². The fourth-order valence-electron chi connectivity index (χ4n) is 3.18. The second-order valence-corrected chi connectivity index (χ2v) is 8.06. The Morgan fingerprint density at radius 3 is 2.68 bits per heavy atom. The molecule has 2 aromatic rings. The third-order valence-corrected chi connectivity index (χ3v) is 5.79. The Balaban J connectivity index is 1.92. The highest BCUT2D eigenvalue weighted by Gasteiger charge is 2.37. The van der Waals surface area contributed by atoms with Crippen molar-refractivity contribution in [3.05, 3.63) is 21.2 Å². The number of carbonyl (C=O) groups excluding carboxylic acids is 2. The summed E-state index contributed by atoms with van der Waals surface area (Å²) in [7, 11) is 3.10. The van der Waals surface area contributed by atoms with Gasteiger partial charge in [-0.25, -0.2) is 4.79 Å². The van der Waals surface area contributed by atoms with Gasteiger partial charge in [0.25, 0.3) is 0 Å². The van der Waals surface area contributed by atoms with Crippen molar-refractivity contribution in [1.82, 2.24) is 4.57 Å². The molecule has 2 heterocycles. The molecule has 0 amide bonds. The van der Waals surface area contributed by atoms with Crippen molar-refractivity contribution in [2.75, 3.05) is 7.11 Å². The van der Waals surface area contributed by atoms with Crippen molar-refractivity contribution in [2.24, 2.45) is 7.05 Å². The predicted octanol–water partition coefficient (Wildman–Crippen LogP) is 3.40. The van der Waals surface area contributed by atoms with Gasteiger partial charge in [-0.05, 0) is 37.9 Å². The van der Waals surface area contributed by atoms with Crippen LogP contribution in [0.1, 0.15) is 19.8 Å². The van der Waals surface area contributed by atoms with Gasteiger partial charge in [0.1, 0.15) is 17.6 Å². The van der Waals surface area contributed by atoms with E-state index in [1.165, 1.54) is 14.0 Å². The fraction of sp³-hybridized carbons (Fsp3) is 0.444. The Labute approximate surface area is 177 Å². The van der Waals surface area contributed by atoms with Crippen molar-refractivity contribution in [2.45, 2.75) is 38.3 Å². The molecule has 1 aliphatic rings. The summed E-state index contributed by atoms with van der Waals surface area (Å²) in [4.78, 5) is 23.3. The standard InChI is InChI=1S/C18H19Br2NO7/c1-8(22)26-9-4-12(18(24)25-3)27-14(5-9)28-13-7-21(2)11-6-10(19)17(23)16(20)15(11)13/h6-7,9,12,14,23H,4-5H2,1-3H3. The van der Waals surface area contributed by atoms with Gasteiger partial charge in [-0.15, -0.1) is 0 Å². The number of aromatic hydroxyl groups is 1. The number of esters is 2. The quantitative estimate of drug-likeness (QED) is 0.617. The first-order chi connectivity index (χ1) is 13.2. The molecule has 1 aliphatic heterocycles. The molecule has 0 spiro atoms. The van der Waals surface area contributed by atoms with E-state index in [9.17, 15) is 14.7 Å². The number of nitrogens with zero attached hydrogens (tertiary/aromatic N) is 1. The SMILES string of the molecule is COC(=O)C1CC(OC(C)=O)CC(Oc2cn(C)c3cc(Br)c(O)c(Br)c23)O1. The zero-order valence-corrected chi connectivity index (χ0v) is 18.6. The topological polar surface area (TPSA) is 96.2 Å². The summed E-state index contributed by atoms with van der Waals surface area (Å²) in [6, 6.07) is 1.77. The Bertz CT molecular complexity index is 927. The minimum atomic E-state index is -0.908. The number of benzene rings is 1. The molecule has 3 unspecified atom stereocenters. The van der Waals surface area contributed by atoms with Crippen molar-refractivity contribution in [1.29, 1.82) is 0 Å². The summed E-state index contributed by atoms with van der Waals surface area (Å²) in [6.07, 6.45) is -0.100. The van der Waals surface area contributed by atoms with E-state index in [1.54, 1.807) is 12.3 Å². The van der Waals surface area contributed by atoms with E-state index in [-0.39, 0.29) is 18.6 Å². The summed E-state index contributed by atoms with van der Waals surface area (Å²) in [5.41, 5.74) is 0.809. The summed E-state index contributed by atoms with van der Waals surface area (Å²) in [5.74, 6) is -0.523. The van der Waals surface area contributed by atoms with Crippen LogP contribution in [0.3, 0.4) is 0 Å². The second kappa shape index (κ2) is 8.30. The first-order valence-electron chi connectivity index (χ1n) is 8.44. The normalized spacial score (nSPS) is 22.1. The number of methoxy groups -OCH3 is 1. The Morgan fingerprint density at radius 1 is 1.32 bits per heavy atom. The van der Waals surface area contributed by atoms with Crippen LogP contribution in [0, 0.1) is 0 Å². The number of aryl methyl sites for hydroxylation is 1. The van der Waals surface area contributed by atoms with Crippen molar-refractivity contribution in [3.8, 4) is 11.5 Å². The van der Waals surface area contributed by atoms with E-state index in [1.807, 2.05) is 11.6 Å². The number of fused-ring (bicyclic) bond motifs is 1. The lowest BCUT2D eigenvalue weighted by molar-refractivity contribution is -0.204. The Hall–Kier alpha value is -1.78. The third kappa shape index (κ3) is 4.13. The van der Waals surface area contributed by atoms with Crippen molar-refractivity contribution >= 4 is 54.7 Å². The van der Waals surface area contributed by atoms with Crippen molar-refractivity contribution < 1.29 is 33.6 Å². The molecule has 0 radical (unpaired) electrons. The fourth-order valence-corrected chi connectivity index (χ4v) is 4.48. The highest BCUT2D eigenvalue weighted by molar-refractivity contribution is 9.11. The van der Waals surface area contributed by atoms with E-state index in [2.05, 4.69) is 31.9 Å². The van der Waals surface area contributed by atoms with E-state index in [4.69, 9.17) is 18.9 Å². The highest BCUT2D eigenvalue weighted by Crippen LogP contribution is 2.44. The summed E-state index contributed by atoms with van der Waals surface area (Å²) in [5, 5.41) is 10.9. The number of aromatic nitrogens is 1. The molecule has 1 fully saturated rings. The lowest BCUT2D eigenvalue weighted by Crippen LogP contribution is -2.44. The van der Waals surface area contributed by atoms with Gasteiger partial charge < -0.3 is 28.6 Å². The first-order valence-corrected chi connectivity index (χ1v) is 10.0. The summed E-state index contributed by atoms with van der Waals surface area (Å²) >= 11 is 6.71. The number of ether oxygens (including phenoxy) is 4. The molecule has 8 nitrogen and oxygen atoms in total. The molecule has 1 aromatic carbocycles. The molecular formula is C18H19Br2NO7. The molecule has 0 saturated carbocycles. The second-order valence-electron chi connectivity index (χ2n) is 6.42. The van der Waals surface area contributed by atoms with Gasteiger partial charge in [-0.3, -0.25) is 4.79 Å². The number of halogens is 2. The Kier molecular flexibility index (Phi) is 6.21. The molecule has 28 heavy (non-hydrogen) atoms. The molecule has 1 N–H and O–H groups in total. The van der Waals surface area contributed by atoms with Crippen LogP contribution < -0.4 is 4.74 Å². The monoisotopic (exact) mass is 519 g/mol. The molecule has 10 heteroatoms. The van der Waals surface area contributed by atoms with Crippen LogP contribution in [0.25, 0.3) is 10.9 Å². The molecular weight excluding hydrogens is 502 g/mol. The predicted molar refractivity (Wildman–Crippen MR) is 106 cm³/mol. The van der Waals surface area contributed by atoms with Crippen LogP contribution in [-0.2, 0) is 30.8 Å². The molecule has 3 rings (SSSR count). The van der Waals surface area contributed by atoms with Gasteiger partial charge in [0, 0.05) is 33.0 Å². The number of carbonyl (C=O) groups is 2. The van der Waals surface area contributed by atoms with Crippen LogP contribution in [0.15, 0.2) is 21.2 Å². The van der Waals surface area contributed by atoms with Crippen LogP contribution in [0.4, 0.5) is 0 Å². The van der Waals surface area contributed by atoms with E-state index in [0.717, 1.165) is 5.52 Å².